The molecule has 1 aliphatic rings. The van der Waals surface area contributed by atoms with Gasteiger partial charge in [-0.3, -0.25) is 4.99 Å². The molecule has 0 radical (unpaired) electrons. The number of allylic oxidation sites excluding steroid dienone is 2. The number of nitrogens with two attached hydrogens (primary N) is 1. The van der Waals surface area contributed by atoms with E-state index in [1.165, 1.54) is 14.0 Å². The van der Waals surface area contributed by atoms with E-state index in [9.17, 15) is 15.0 Å². The molecule has 0 saturated heterocycles. The Morgan fingerprint density at radius 2 is 2.21 bits per heavy atom. The molecule has 5 N–H and O–H groups in total. The lowest BCUT2D eigenvalue weighted by Crippen LogP contribution is -2.33. The molecule has 7 nitrogen and oxygen atoms in total. The molecular weight excluding hydrogens is 252 g/mol. The Morgan fingerprint density at radius 3 is 2.63 bits per heavy atom. The maximum absolute atomic E-state index is 11.0. The summed E-state index contributed by atoms with van der Waals surface area (Å²) < 4.78 is 5.14. The van der Waals surface area contributed by atoms with Crippen LogP contribution in [0.2, 0.25) is 0 Å². The van der Waals surface area contributed by atoms with Gasteiger partial charge in [0, 0.05) is 6.61 Å². The van der Waals surface area contributed by atoms with E-state index in [4.69, 9.17) is 15.6 Å². The molecule has 0 bridgehead atoms. The first-order valence-corrected chi connectivity index (χ1v) is 6.02. The summed E-state index contributed by atoms with van der Waals surface area (Å²) in [5.41, 5.74) is 6.63. The van der Waals surface area contributed by atoms with E-state index in [1.54, 1.807) is 0 Å². The average Bonchev–Trinajstić information content (AvgIpc) is 2.34. The van der Waals surface area contributed by atoms with Gasteiger partial charge in [0.15, 0.2) is 11.8 Å². The Labute approximate surface area is 111 Å². The van der Waals surface area contributed by atoms with Gasteiger partial charge in [-0.05, 0) is 25.7 Å². The highest BCUT2D eigenvalue weighted by atomic mass is 16.5. The number of hydrogen-bond donors (Lipinski definition) is 4. The quantitative estimate of drug-likeness (QED) is 0.533. The van der Waals surface area contributed by atoms with Gasteiger partial charge in [-0.25, -0.2) is 4.79 Å². The number of aliphatic imine (C=N–C) groups is 1. The molecule has 0 fully saturated rings. The Morgan fingerprint density at radius 1 is 1.58 bits per heavy atom. The van der Waals surface area contributed by atoms with Crippen molar-refractivity contribution in [2.75, 3.05) is 13.7 Å². The zero-order chi connectivity index (χ0) is 14.6. The zero-order valence-electron chi connectivity index (χ0n) is 11.0. The van der Waals surface area contributed by atoms with Gasteiger partial charge in [-0.1, -0.05) is 0 Å². The molecule has 0 saturated carbocycles. The molecule has 0 aromatic carbocycles. The minimum atomic E-state index is -1.27. The molecule has 1 aliphatic carbocycles. The molecule has 0 aliphatic heterocycles. The lowest BCUT2D eigenvalue weighted by Gasteiger charge is -2.25. The highest BCUT2D eigenvalue weighted by Crippen LogP contribution is 2.26. The second-order valence-corrected chi connectivity index (χ2v) is 4.61. The molecule has 19 heavy (non-hydrogen) atoms. The number of carbonyl (C=O) groups is 1. The van der Waals surface area contributed by atoms with Crippen LogP contribution in [0.15, 0.2) is 16.4 Å². The topological polar surface area (TPSA) is 125 Å². The maximum atomic E-state index is 11.0. The Bertz CT molecular complexity index is 403. The van der Waals surface area contributed by atoms with Crippen LogP contribution in [-0.4, -0.2) is 52.9 Å². The summed E-state index contributed by atoms with van der Waals surface area (Å²) in [6.45, 7) is 1.29. The zero-order valence-corrected chi connectivity index (χ0v) is 11.0. The number of aliphatic carboxylic acids is 1. The molecule has 0 aromatic heterocycles. The fraction of sp³-hybridized carbons (Fsp3) is 0.667. The molecule has 1 rings (SSSR count). The summed E-state index contributed by atoms with van der Waals surface area (Å²) in [5.74, 6) is -0.986. The normalized spacial score (nSPS) is 25.3. The summed E-state index contributed by atoms with van der Waals surface area (Å²) in [7, 11) is 1.43. The Balaban J connectivity index is 3.12. The van der Waals surface area contributed by atoms with Crippen molar-refractivity contribution in [3.63, 3.8) is 0 Å². The highest BCUT2D eigenvalue weighted by molar-refractivity contribution is 6.01. The van der Waals surface area contributed by atoms with E-state index in [1.807, 2.05) is 0 Å². The first-order valence-electron chi connectivity index (χ1n) is 6.02. The molecule has 0 spiro atoms. The minimum Gasteiger partial charge on any atom is -0.493 e. The van der Waals surface area contributed by atoms with E-state index in [-0.39, 0.29) is 12.5 Å². The summed E-state index contributed by atoms with van der Waals surface area (Å²) >= 11 is 0. The summed E-state index contributed by atoms with van der Waals surface area (Å²) in [5, 5.41) is 27.7. The van der Waals surface area contributed by atoms with Crippen LogP contribution in [0.25, 0.3) is 0 Å². The third-order valence-corrected chi connectivity index (χ3v) is 3.01. The second kappa shape index (κ2) is 6.53. The lowest BCUT2D eigenvalue weighted by molar-refractivity contribution is -0.140. The van der Waals surface area contributed by atoms with Gasteiger partial charge < -0.3 is 25.8 Å². The number of carboxylic acids is 1. The van der Waals surface area contributed by atoms with Crippen molar-refractivity contribution < 1.29 is 24.9 Å². The molecule has 0 aromatic rings. The van der Waals surface area contributed by atoms with Crippen LogP contribution in [0.4, 0.5) is 0 Å². The van der Waals surface area contributed by atoms with Crippen LogP contribution in [0.3, 0.4) is 0 Å². The number of hydrogen-bond acceptors (Lipinski definition) is 6. The molecule has 7 heteroatoms. The van der Waals surface area contributed by atoms with Crippen LogP contribution in [0, 0.1) is 5.92 Å². The predicted octanol–water partition coefficient (Wildman–Crippen LogP) is -0.520. The number of aliphatic hydroxyl groups excluding tert-OH is 2. The molecule has 3 unspecified atom stereocenters. The standard InChI is InChI=1S/C12H20N2O5/c1-6(16)10(12(17)18)14-9-4-7(5-15)3-8(13)11(9)19-2/h6-7,10,15-16H,3-5,13H2,1-2H3,(H,17,18). The van der Waals surface area contributed by atoms with Crippen LogP contribution >= 0.6 is 0 Å². The monoisotopic (exact) mass is 272 g/mol. The molecular formula is C12H20N2O5. The van der Waals surface area contributed by atoms with Crippen LogP contribution < -0.4 is 5.73 Å². The van der Waals surface area contributed by atoms with Gasteiger partial charge >= 0.3 is 5.97 Å². The van der Waals surface area contributed by atoms with Crippen LogP contribution in [0.1, 0.15) is 19.8 Å². The van der Waals surface area contributed by atoms with E-state index in [0.29, 0.717) is 30.0 Å². The van der Waals surface area contributed by atoms with E-state index in [2.05, 4.69) is 4.99 Å². The van der Waals surface area contributed by atoms with Crippen molar-refractivity contribution in [2.24, 2.45) is 16.6 Å². The number of ether oxygens (including phenoxy) is 1. The first kappa shape index (κ1) is 15.5. The summed E-state index contributed by atoms with van der Waals surface area (Å²) in [4.78, 5) is 15.1. The fourth-order valence-electron chi connectivity index (χ4n) is 2.05. The largest absolute Gasteiger partial charge is 0.493 e. The van der Waals surface area contributed by atoms with Crippen molar-refractivity contribution in [1.82, 2.24) is 0 Å². The van der Waals surface area contributed by atoms with Gasteiger partial charge in [0.1, 0.15) is 0 Å². The number of rotatable bonds is 5. The number of aliphatic hydroxyl groups is 2. The maximum Gasteiger partial charge on any atom is 0.331 e. The van der Waals surface area contributed by atoms with E-state index in [0.717, 1.165) is 0 Å². The third kappa shape index (κ3) is 3.68. The molecule has 3 atom stereocenters. The van der Waals surface area contributed by atoms with Gasteiger partial charge in [-0.15, -0.1) is 0 Å². The van der Waals surface area contributed by atoms with Gasteiger partial charge in [-0.2, -0.15) is 0 Å². The van der Waals surface area contributed by atoms with Gasteiger partial charge in [0.25, 0.3) is 0 Å². The third-order valence-electron chi connectivity index (χ3n) is 3.01. The molecule has 108 valence electrons. The summed E-state index contributed by atoms with van der Waals surface area (Å²) in [6.07, 6.45) is -0.277. The Hall–Kier alpha value is -1.60. The molecule has 0 amide bonds. The van der Waals surface area contributed by atoms with Crippen molar-refractivity contribution in [3.8, 4) is 0 Å². The second-order valence-electron chi connectivity index (χ2n) is 4.61. The number of methoxy groups -OCH3 is 1. The first-order chi connectivity index (χ1) is 8.90. The highest BCUT2D eigenvalue weighted by Gasteiger charge is 2.29. The molecule has 0 heterocycles. The predicted molar refractivity (Wildman–Crippen MR) is 68.6 cm³/mol. The summed E-state index contributed by atoms with van der Waals surface area (Å²) in [6, 6.07) is -1.27. The Kier molecular flexibility index (Phi) is 5.31. The van der Waals surface area contributed by atoms with Crippen molar-refractivity contribution >= 4 is 11.7 Å². The fourth-order valence-corrected chi connectivity index (χ4v) is 2.05. The van der Waals surface area contributed by atoms with E-state index < -0.39 is 18.1 Å². The van der Waals surface area contributed by atoms with Crippen molar-refractivity contribution in [2.45, 2.75) is 31.9 Å². The smallest absolute Gasteiger partial charge is 0.331 e. The van der Waals surface area contributed by atoms with Crippen molar-refractivity contribution in [3.05, 3.63) is 11.5 Å². The van der Waals surface area contributed by atoms with E-state index >= 15 is 0 Å². The number of carboxylic acid groups (broad SMARTS) is 1. The van der Waals surface area contributed by atoms with Crippen LogP contribution in [0.5, 0.6) is 0 Å². The number of nitrogens with zero attached hydrogens (tertiary/aromatic N) is 1. The minimum absolute atomic E-state index is 0.0663. The van der Waals surface area contributed by atoms with Crippen molar-refractivity contribution in [1.29, 1.82) is 0 Å². The van der Waals surface area contributed by atoms with Gasteiger partial charge in [0.2, 0.25) is 0 Å². The SMILES string of the molecule is COC1=C(N)CC(CO)CC1=NC(C(=O)O)C(C)O. The van der Waals surface area contributed by atoms with Gasteiger partial charge in [0.05, 0.1) is 24.6 Å². The average molecular weight is 272 g/mol. The lowest BCUT2D eigenvalue weighted by atomic mass is 9.90. The van der Waals surface area contributed by atoms with Crippen LogP contribution in [-0.2, 0) is 9.53 Å².